The molecule has 0 radical (unpaired) electrons. The number of fused-ring (bicyclic) bond motifs is 2. The molecule has 3 unspecified atom stereocenters. The number of carbonyl (C=O) groups is 1. The van der Waals surface area contributed by atoms with E-state index in [0.717, 1.165) is 57.2 Å². The third-order valence-corrected chi connectivity index (χ3v) is 9.03. The number of amides is 1. The maximum absolute atomic E-state index is 13.8. The normalized spacial score (nSPS) is 33.1. The molecule has 1 aromatic heterocycles. The average molecular weight is 438 g/mol. The summed E-state index contributed by atoms with van der Waals surface area (Å²) in [5, 5.41) is 8.65. The predicted molar refractivity (Wildman–Crippen MR) is 118 cm³/mol. The number of nitrogens with zero attached hydrogens (tertiary/aromatic N) is 5. The van der Waals surface area contributed by atoms with Crippen molar-refractivity contribution in [2.24, 2.45) is 11.3 Å². The minimum absolute atomic E-state index is 0.222. The monoisotopic (exact) mass is 437 g/mol. The van der Waals surface area contributed by atoms with E-state index in [0.29, 0.717) is 36.0 Å². The highest BCUT2D eigenvalue weighted by molar-refractivity contribution is 5.87. The molecule has 0 bridgehead atoms. The summed E-state index contributed by atoms with van der Waals surface area (Å²) < 4.78 is 13.2. The summed E-state index contributed by atoms with van der Waals surface area (Å²) in [7, 11) is 0. The molecule has 3 fully saturated rings. The zero-order valence-electron chi connectivity index (χ0n) is 18.8. The SMILES string of the molecule is CC1C2Cc3ccc(CF)cc3CN2C(=O)[C@]12CCC(N1CCC(n3nccn3)CC1)C2. The van der Waals surface area contributed by atoms with Gasteiger partial charge in [0.15, 0.2) is 0 Å². The van der Waals surface area contributed by atoms with Gasteiger partial charge < -0.3 is 9.80 Å². The summed E-state index contributed by atoms with van der Waals surface area (Å²) in [5.74, 6) is 0.712. The Labute approximate surface area is 188 Å². The molecule has 4 aliphatic rings. The van der Waals surface area contributed by atoms with E-state index in [4.69, 9.17) is 0 Å². The van der Waals surface area contributed by atoms with Crippen molar-refractivity contribution in [3.05, 3.63) is 47.3 Å². The zero-order valence-corrected chi connectivity index (χ0v) is 18.8. The van der Waals surface area contributed by atoms with Gasteiger partial charge in [-0.1, -0.05) is 25.1 Å². The van der Waals surface area contributed by atoms with E-state index in [1.165, 1.54) is 5.56 Å². The number of hydrogen-bond acceptors (Lipinski definition) is 4. The Kier molecular flexibility index (Phi) is 4.86. The van der Waals surface area contributed by atoms with Crippen LogP contribution in [-0.4, -0.2) is 55.9 Å². The van der Waals surface area contributed by atoms with Crippen LogP contribution in [0.4, 0.5) is 4.39 Å². The number of likely N-dealkylation sites (tertiary alicyclic amines) is 1. The summed E-state index contributed by atoms with van der Waals surface area (Å²) in [5.41, 5.74) is 2.92. The maximum atomic E-state index is 13.8. The molecule has 1 spiro atoms. The standard InChI is InChI=1S/C25H32FN5O/c1-17-23-13-19-3-2-18(15-26)12-20(19)16-30(23)24(32)25(17)7-4-22(14-25)29-10-5-21(6-11-29)31-27-8-9-28-31/h2-3,8-9,12,17,21-23H,4-7,10-11,13-16H2,1H3/t17?,22?,23?,25-/m0/s1. The van der Waals surface area contributed by atoms with E-state index >= 15 is 0 Å². The predicted octanol–water partition coefficient (Wildman–Crippen LogP) is 3.53. The number of aromatic nitrogens is 3. The van der Waals surface area contributed by atoms with Crippen molar-refractivity contribution in [2.75, 3.05) is 13.1 Å². The van der Waals surface area contributed by atoms with Crippen LogP contribution < -0.4 is 0 Å². The van der Waals surface area contributed by atoms with E-state index in [1.54, 1.807) is 12.4 Å². The molecule has 1 aromatic carbocycles. The number of rotatable bonds is 3. The van der Waals surface area contributed by atoms with Crippen molar-refractivity contribution >= 4 is 5.91 Å². The van der Waals surface area contributed by atoms with Crippen molar-refractivity contribution in [2.45, 2.75) is 76.8 Å². The van der Waals surface area contributed by atoms with Crippen molar-refractivity contribution in [1.29, 1.82) is 0 Å². The Morgan fingerprint density at radius 1 is 1.09 bits per heavy atom. The first-order valence-electron chi connectivity index (χ1n) is 12.2. The highest BCUT2D eigenvalue weighted by atomic mass is 19.1. The van der Waals surface area contributed by atoms with Crippen molar-refractivity contribution in [3.8, 4) is 0 Å². The van der Waals surface area contributed by atoms with E-state index < -0.39 is 6.67 Å². The lowest BCUT2D eigenvalue weighted by Gasteiger charge is -2.36. The fourth-order valence-corrected chi connectivity index (χ4v) is 7.13. The summed E-state index contributed by atoms with van der Waals surface area (Å²) in [4.78, 5) is 20.4. The molecule has 7 heteroatoms. The zero-order chi connectivity index (χ0) is 21.9. The van der Waals surface area contributed by atoms with Gasteiger partial charge in [-0.2, -0.15) is 15.0 Å². The fraction of sp³-hybridized carbons (Fsp3) is 0.640. The van der Waals surface area contributed by atoms with Crippen LogP contribution in [0.3, 0.4) is 0 Å². The molecule has 3 aliphatic heterocycles. The van der Waals surface area contributed by atoms with Crippen LogP contribution in [-0.2, 0) is 24.4 Å². The molecule has 1 saturated carbocycles. The lowest BCUT2D eigenvalue weighted by molar-refractivity contribution is -0.138. The summed E-state index contributed by atoms with van der Waals surface area (Å²) in [6.45, 7) is 4.62. The van der Waals surface area contributed by atoms with Crippen LogP contribution in [0, 0.1) is 11.3 Å². The maximum Gasteiger partial charge on any atom is 0.229 e. The molecular weight excluding hydrogens is 405 g/mol. The largest absolute Gasteiger partial charge is 0.334 e. The molecule has 32 heavy (non-hydrogen) atoms. The van der Waals surface area contributed by atoms with Crippen LogP contribution in [0.2, 0.25) is 0 Å². The Bertz CT molecular complexity index is 1000. The molecule has 2 aromatic rings. The quantitative estimate of drug-likeness (QED) is 0.737. The number of piperidine rings is 1. The Morgan fingerprint density at radius 3 is 2.62 bits per heavy atom. The van der Waals surface area contributed by atoms with E-state index in [-0.39, 0.29) is 11.5 Å². The first kappa shape index (κ1) is 20.3. The molecule has 6 nitrogen and oxygen atoms in total. The van der Waals surface area contributed by atoms with Gasteiger partial charge in [-0.05, 0) is 61.1 Å². The minimum Gasteiger partial charge on any atom is -0.334 e. The van der Waals surface area contributed by atoms with Gasteiger partial charge in [-0.25, -0.2) is 4.39 Å². The molecule has 170 valence electrons. The first-order valence-corrected chi connectivity index (χ1v) is 12.2. The number of carbonyl (C=O) groups excluding carboxylic acids is 1. The second-order valence-corrected chi connectivity index (χ2v) is 10.4. The molecule has 1 amide bonds. The van der Waals surface area contributed by atoms with E-state index in [1.807, 2.05) is 16.9 Å². The van der Waals surface area contributed by atoms with Crippen LogP contribution in [0.25, 0.3) is 0 Å². The summed E-state index contributed by atoms with van der Waals surface area (Å²) in [6, 6.07) is 7.12. The lowest BCUT2D eigenvalue weighted by atomic mass is 9.73. The summed E-state index contributed by atoms with van der Waals surface area (Å²) >= 11 is 0. The van der Waals surface area contributed by atoms with Crippen LogP contribution in [0.5, 0.6) is 0 Å². The molecule has 6 rings (SSSR count). The third kappa shape index (κ3) is 3.04. The number of alkyl halides is 1. The number of hydrogen-bond donors (Lipinski definition) is 0. The Morgan fingerprint density at radius 2 is 1.88 bits per heavy atom. The van der Waals surface area contributed by atoms with Crippen molar-refractivity contribution in [1.82, 2.24) is 24.8 Å². The van der Waals surface area contributed by atoms with Gasteiger partial charge in [0, 0.05) is 31.7 Å². The van der Waals surface area contributed by atoms with Gasteiger partial charge in [-0.3, -0.25) is 4.79 Å². The van der Waals surface area contributed by atoms with E-state index in [9.17, 15) is 9.18 Å². The fourth-order valence-electron chi connectivity index (χ4n) is 7.13. The van der Waals surface area contributed by atoms with Gasteiger partial charge in [0.05, 0.1) is 23.9 Å². The molecular formula is C25H32FN5O. The third-order valence-electron chi connectivity index (χ3n) is 9.03. The molecule has 4 heterocycles. The first-order chi connectivity index (χ1) is 15.6. The number of benzene rings is 1. The topological polar surface area (TPSA) is 54.3 Å². The second kappa shape index (κ2) is 7.65. The Balaban J connectivity index is 1.16. The van der Waals surface area contributed by atoms with E-state index in [2.05, 4.69) is 33.0 Å². The van der Waals surface area contributed by atoms with Crippen LogP contribution in [0.1, 0.15) is 61.8 Å². The van der Waals surface area contributed by atoms with Crippen molar-refractivity contribution < 1.29 is 9.18 Å². The number of halogens is 1. The second-order valence-electron chi connectivity index (χ2n) is 10.4. The summed E-state index contributed by atoms with van der Waals surface area (Å²) in [6.07, 6.45) is 9.65. The lowest BCUT2D eigenvalue weighted by Crippen LogP contribution is -2.42. The van der Waals surface area contributed by atoms with Gasteiger partial charge >= 0.3 is 0 Å². The van der Waals surface area contributed by atoms with Crippen LogP contribution >= 0.6 is 0 Å². The average Bonchev–Trinajstić information content (AvgIpc) is 3.56. The van der Waals surface area contributed by atoms with Gasteiger partial charge in [0.25, 0.3) is 0 Å². The Hall–Kier alpha value is -2.28. The van der Waals surface area contributed by atoms with Gasteiger partial charge in [-0.15, -0.1) is 0 Å². The molecule has 1 aliphatic carbocycles. The molecule has 4 atom stereocenters. The highest BCUT2D eigenvalue weighted by Gasteiger charge is 2.60. The molecule has 0 N–H and O–H groups in total. The smallest absolute Gasteiger partial charge is 0.229 e. The van der Waals surface area contributed by atoms with Crippen LogP contribution in [0.15, 0.2) is 30.6 Å². The molecule has 2 saturated heterocycles. The van der Waals surface area contributed by atoms with Gasteiger partial charge in [0.2, 0.25) is 5.91 Å². The van der Waals surface area contributed by atoms with Crippen molar-refractivity contribution in [3.63, 3.8) is 0 Å². The minimum atomic E-state index is -0.445. The highest BCUT2D eigenvalue weighted by Crippen LogP contribution is 2.55. The van der Waals surface area contributed by atoms with Gasteiger partial charge in [0.1, 0.15) is 6.67 Å².